The van der Waals surface area contributed by atoms with Crippen LogP contribution in [0.4, 0.5) is 0 Å². The van der Waals surface area contributed by atoms with Crippen molar-refractivity contribution < 1.29 is 13.9 Å². The summed E-state index contributed by atoms with van der Waals surface area (Å²) in [5.74, 6) is 6.51. The third-order valence-corrected chi connectivity index (χ3v) is 3.68. The zero-order chi connectivity index (χ0) is 11.5. The Hall–Kier alpha value is -0.980. The highest BCUT2D eigenvalue weighted by atomic mass is 32.2. The van der Waals surface area contributed by atoms with E-state index in [0.717, 1.165) is 30.3 Å². The van der Waals surface area contributed by atoms with E-state index in [1.165, 1.54) is 0 Å². The van der Waals surface area contributed by atoms with Crippen LogP contribution in [0.5, 0.6) is 0 Å². The monoisotopic (exact) mass is 242 g/mol. The van der Waals surface area contributed by atoms with Gasteiger partial charge < -0.3 is 9.15 Å². The average Bonchev–Trinajstić information content (AvgIpc) is 2.57. The number of carbonyl (C=O) groups excluding carboxylic acids is 1. The van der Waals surface area contributed by atoms with E-state index in [2.05, 4.69) is 0 Å². The van der Waals surface area contributed by atoms with E-state index in [9.17, 15) is 4.79 Å². The van der Waals surface area contributed by atoms with Gasteiger partial charge in [0.25, 0.3) is 0 Å². The Labute approximate surface area is 97.7 Å². The summed E-state index contributed by atoms with van der Waals surface area (Å²) in [7, 11) is 0. The molecule has 88 valence electrons. The number of hydrazine groups is 1. The Morgan fingerprint density at radius 1 is 1.69 bits per heavy atom. The first-order chi connectivity index (χ1) is 7.70. The summed E-state index contributed by atoms with van der Waals surface area (Å²) >= 11 is 1.82. The number of amides is 1. The Kier molecular flexibility index (Phi) is 3.52. The van der Waals surface area contributed by atoms with Crippen LogP contribution in [-0.2, 0) is 10.5 Å². The van der Waals surface area contributed by atoms with E-state index in [0.29, 0.717) is 5.25 Å². The molecule has 1 fully saturated rings. The van der Waals surface area contributed by atoms with Gasteiger partial charge in [-0.15, -0.1) is 11.8 Å². The van der Waals surface area contributed by atoms with Gasteiger partial charge in [0.2, 0.25) is 0 Å². The average molecular weight is 242 g/mol. The number of hydrogen-bond acceptors (Lipinski definition) is 5. The quantitative estimate of drug-likeness (QED) is 0.464. The number of nitrogen functional groups attached to an aromatic ring is 1. The smallest absolute Gasteiger partial charge is 0.300 e. The minimum Gasteiger partial charge on any atom is -0.456 e. The molecular formula is C10H14N2O3S. The molecule has 3 N–H and O–H groups in total. The highest BCUT2D eigenvalue weighted by Gasteiger charge is 2.20. The number of ether oxygens (including phenoxy) is 1. The molecule has 0 saturated carbocycles. The number of aryl methyl sites for hydroxylation is 1. The molecule has 0 bridgehead atoms. The highest BCUT2D eigenvalue weighted by Crippen LogP contribution is 2.26. The molecule has 2 rings (SSSR count). The molecule has 0 aliphatic carbocycles. The fourth-order valence-corrected chi connectivity index (χ4v) is 2.45. The van der Waals surface area contributed by atoms with E-state index in [1.54, 1.807) is 6.07 Å². The van der Waals surface area contributed by atoms with Crippen molar-refractivity contribution in [2.75, 3.05) is 13.2 Å². The second-order valence-corrected chi connectivity index (χ2v) is 4.92. The molecule has 6 heteroatoms. The van der Waals surface area contributed by atoms with Crippen molar-refractivity contribution in [2.24, 2.45) is 5.84 Å². The number of carbonyl (C=O) groups is 1. The second kappa shape index (κ2) is 4.90. The molecule has 16 heavy (non-hydrogen) atoms. The minimum atomic E-state index is -0.397. The first-order valence-corrected chi connectivity index (χ1v) is 6.05. The summed E-state index contributed by atoms with van der Waals surface area (Å²) in [5.41, 5.74) is 3.09. The largest absolute Gasteiger partial charge is 0.456 e. The van der Waals surface area contributed by atoms with Crippen LogP contribution in [0, 0.1) is 6.92 Å². The van der Waals surface area contributed by atoms with Gasteiger partial charge in [0.1, 0.15) is 5.76 Å². The van der Waals surface area contributed by atoms with Crippen LogP contribution in [0.1, 0.15) is 21.9 Å². The SMILES string of the molecule is Cc1oc(C(=O)NN)cc1CSC1COC1. The maximum absolute atomic E-state index is 11.2. The lowest BCUT2D eigenvalue weighted by Gasteiger charge is -2.24. The lowest BCUT2D eigenvalue weighted by molar-refractivity contribution is 0.0455. The van der Waals surface area contributed by atoms with Gasteiger partial charge in [0, 0.05) is 11.3 Å². The van der Waals surface area contributed by atoms with Crippen molar-refractivity contribution in [3.8, 4) is 0 Å². The second-order valence-electron chi connectivity index (χ2n) is 3.64. The molecule has 1 aliphatic rings. The van der Waals surface area contributed by atoms with Gasteiger partial charge in [-0.25, -0.2) is 5.84 Å². The normalized spacial score (nSPS) is 15.9. The van der Waals surface area contributed by atoms with Crippen LogP contribution in [0.3, 0.4) is 0 Å². The molecule has 2 heterocycles. The maximum Gasteiger partial charge on any atom is 0.300 e. The molecule has 0 unspecified atom stereocenters. The molecule has 5 nitrogen and oxygen atoms in total. The van der Waals surface area contributed by atoms with Crippen molar-refractivity contribution in [1.29, 1.82) is 0 Å². The highest BCUT2D eigenvalue weighted by molar-refractivity contribution is 7.99. The molecule has 0 radical (unpaired) electrons. The summed E-state index contributed by atoms with van der Waals surface area (Å²) < 4.78 is 10.4. The summed E-state index contributed by atoms with van der Waals surface area (Å²) in [6.45, 7) is 3.48. The van der Waals surface area contributed by atoms with Crippen LogP contribution in [0.15, 0.2) is 10.5 Å². The third kappa shape index (κ3) is 2.40. The van der Waals surface area contributed by atoms with Crippen molar-refractivity contribution >= 4 is 17.7 Å². The van der Waals surface area contributed by atoms with Crippen molar-refractivity contribution in [2.45, 2.75) is 17.9 Å². The number of nitrogens with one attached hydrogen (secondary N) is 1. The Morgan fingerprint density at radius 2 is 2.44 bits per heavy atom. The van der Waals surface area contributed by atoms with E-state index in [-0.39, 0.29) is 5.76 Å². The van der Waals surface area contributed by atoms with Crippen LogP contribution in [0.25, 0.3) is 0 Å². The molecule has 0 aromatic carbocycles. The number of hydrogen-bond donors (Lipinski definition) is 2. The van der Waals surface area contributed by atoms with Gasteiger partial charge in [-0.1, -0.05) is 0 Å². The zero-order valence-electron chi connectivity index (χ0n) is 8.99. The van der Waals surface area contributed by atoms with E-state index < -0.39 is 5.91 Å². The first kappa shape index (κ1) is 11.5. The molecule has 0 atom stereocenters. The predicted molar refractivity (Wildman–Crippen MR) is 61.0 cm³/mol. The standard InChI is InChI=1S/C10H14N2O3S/c1-6-7(5-16-8-3-14-4-8)2-9(15-6)10(13)12-11/h2,8H,3-5,11H2,1H3,(H,12,13). The van der Waals surface area contributed by atoms with E-state index in [4.69, 9.17) is 15.0 Å². The maximum atomic E-state index is 11.2. The Balaban J connectivity index is 1.97. The van der Waals surface area contributed by atoms with Gasteiger partial charge in [-0.3, -0.25) is 10.2 Å². The number of furan rings is 1. The van der Waals surface area contributed by atoms with Gasteiger partial charge in [-0.05, 0) is 13.0 Å². The van der Waals surface area contributed by atoms with E-state index in [1.807, 2.05) is 24.1 Å². The fourth-order valence-electron chi connectivity index (χ4n) is 1.36. The van der Waals surface area contributed by atoms with Gasteiger partial charge >= 0.3 is 5.91 Å². The van der Waals surface area contributed by atoms with E-state index >= 15 is 0 Å². The van der Waals surface area contributed by atoms with Crippen LogP contribution in [0.2, 0.25) is 0 Å². The van der Waals surface area contributed by atoms with Crippen LogP contribution < -0.4 is 11.3 Å². The van der Waals surface area contributed by atoms with Gasteiger partial charge in [0.15, 0.2) is 5.76 Å². The van der Waals surface area contributed by atoms with Crippen molar-refractivity contribution in [3.05, 3.63) is 23.2 Å². The topological polar surface area (TPSA) is 77.5 Å². The fraction of sp³-hybridized carbons (Fsp3) is 0.500. The van der Waals surface area contributed by atoms with Crippen LogP contribution >= 0.6 is 11.8 Å². The zero-order valence-corrected chi connectivity index (χ0v) is 9.80. The first-order valence-electron chi connectivity index (χ1n) is 5.00. The lowest BCUT2D eigenvalue weighted by Crippen LogP contribution is -2.30. The molecule has 1 amide bonds. The predicted octanol–water partition coefficient (Wildman–Crippen LogP) is 0.824. The Bertz CT molecular complexity index is 387. The summed E-state index contributed by atoms with van der Waals surface area (Å²) in [6.07, 6.45) is 0. The molecule has 1 aliphatic heterocycles. The minimum absolute atomic E-state index is 0.264. The number of thioether (sulfide) groups is 1. The molecule has 1 saturated heterocycles. The van der Waals surface area contributed by atoms with Gasteiger partial charge in [0.05, 0.1) is 18.5 Å². The third-order valence-electron chi connectivity index (χ3n) is 2.46. The molecule has 0 spiro atoms. The van der Waals surface area contributed by atoms with Crippen molar-refractivity contribution in [1.82, 2.24) is 5.43 Å². The lowest BCUT2D eigenvalue weighted by atomic mass is 10.3. The molecule has 1 aromatic rings. The number of nitrogens with two attached hydrogens (primary N) is 1. The summed E-state index contributed by atoms with van der Waals surface area (Å²) in [4.78, 5) is 11.2. The summed E-state index contributed by atoms with van der Waals surface area (Å²) in [6, 6.07) is 1.74. The van der Waals surface area contributed by atoms with Crippen molar-refractivity contribution in [3.63, 3.8) is 0 Å². The molecular weight excluding hydrogens is 228 g/mol. The summed E-state index contributed by atoms with van der Waals surface area (Å²) in [5, 5.41) is 0.570. The Morgan fingerprint density at radius 3 is 3.00 bits per heavy atom. The van der Waals surface area contributed by atoms with Gasteiger partial charge in [-0.2, -0.15) is 0 Å². The molecule has 1 aromatic heterocycles. The number of rotatable bonds is 4. The van der Waals surface area contributed by atoms with Crippen LogP contribution in [-0.4, -0.2) is 24.4 Å².